The van der Waals surface area contributed by atoms with Crippen LogP contribution in [0.25, 0.3) is 0 Å². The van der Waals surface area contributed by atoms with E-state index in [9.17, 15) is 18.0 Å². The van der Waals surface area contributed by atoms with Crippen LogP contribution in [0.4, 0.5) is 24.7 Å². The Bertz CT molecular complexity index is 907. The van der Waals surface area contributed by atoms with Crippen LogP contribution in [0, 0.1) is 5.92 Å². The maximum Gasteiger partial charge on any atom is 0.418 e. The molecule has 1 aliphatic heterocycles. The number of aromatic nitrogens is 2. The molecular weight excluding hydrogens is 419 g/mol. The average molecular weight is 448 g/mol. The van der Waals surface area contributed by atoms with Gasteiger partial charge >= 0.3 is 6.18 Å². The molecule has 1 amide bonds. The van der Waals surface area contributed by atoms with E-state index in [1.54, 1.807) is 18.2 Å². The molecule has 1 aliphatic carbocycles. The predicted octanol–water partition coefficient (Wildman–Crippen LogP) is 4.50. The van der Waals surface area contributed by atoms with Crippen LogP contribution in [0.3, 0.4) is 0 Å². The Balaban J connectivity index is 1.27. The van der Waals surface area contributed by atoms with Gasteiger partial charge in [-0.2, -0.15) is 13.2 Å². The summed E-state index contributed by atoms with van der Waals surface area (Å²) in [5.41, 5.74) is -0.233. The molecule has 0 radical (unpaired) electrons. The number of benzene rings is 1. The van der Waals surface area contributed by atoms with Crippen molar-refractivity contribution < 1.29 is 18.0 Å². The largest absolute Gasteiger partial charge is 0.418 e. The minimum absolute atomic E-state index is 0.0524. The summed E-state index contributed by atoms with van der Waals surface area (Å²) in [7, 11) is 0. The van der Waals surface area contributed by atoms with E-state index < -0.39 is 11.7 Å². The number of nitrogens with one attached hydrogen (secondary N) is 2. The number of carbonyl (C=O) groups excluding carboxylic acids is 1. The second kappa shape index (κ2) is 9.75. The maximum atomic E-state index is 13.2. The highest BCUT2D eigenvalue weighted by molar-refractivity contribution is 5.92. The smallest absolute Gasteiger partial charge is 0.382 e. The molecule has 172 valence electrons. The molecule has 2 heterocycles. The average Bonchev–Trinajstić information content (AvgIpc) is 2.76. The first kappa shape index (κ1) is 22.4. The second-order valence-corrected chi connectivity index (χ2v) is 8.57. The highest BCUT2D eigenvalue weighted by atomic mass is 19.4. The van der Waals surface area contributed by atoms with E-state index in [2.05, 4.69) is 20.8 Å². The number of carbonyl (C=O) groups is 1. The van der Waals surface area contributed by atoms with Crippen molar-refractivity contribution in [2.75, 3.05) is 29.9 Å². The third kappa shape index (κ3) is 5.49. The number of amides is 1. The summed E-state index contributed by atoms with van der Waals surface area (Å²) in [4.78, 5) is 14.3. The van der Waals surface area contributed by atoms with E-state index in [1.165, 1.54) is 31.4 Å². The molecule has 32 heavy (non-hydrogen) atoms. The molecule has 1 saturated heterocycles. The highest BCUT2D eigenvalue weighted by Crippen LogP contribution is 2.35. The number of rotatable bonds is 7. The SMILES string of the molecule is O=C(NCCC1CCC1)c1ccc(N2CCC(Nc3ccccc3C(F)(F)F)CC2)nn1. The summed E-state index contributed by atoms with van der Waals surface area (Å²) in [6, 6.07) is 8.96. The summed E-state index contributed by atoms with van der Waals surface area (Å²) >= 11 is 0. The van der Waals surface area contributed by atoms with Gasteiger partial charge in [0.2, 0.25) is 0 Å². The lowest BCUT2D eigenvalue weighted by molar-refractivity contribution is -0.137. The number of alkyl halides is 3. The maximum absolute atomic E-state index is 13.2. The molecule has 2 aromatic rings. The molecule has 0 unspecified atom stereocenters. The number of halogens is 3. The van der Waals surface area contributed by atoms with Crippen molar-refractivity contribution in [2.24, 2.45) is 5.92 Å². The first-order chi connectivity index (χ1) is 15.4. The van der Waals surface area contributed by atoms with Crippen molar-refractivity contribution in [3.05, 3.63) is 47.7 Å². The van der Waals surface area contributed by atoms with Crippen LogP contribution in [0.2, 0.25) is 0 Å². The molecule has 6 nitrogen and oxygen atoms in total. The Morgan fingerprint density at radius 1 is 1.03 bits per heavy atom. The first-order valence-corrected chi connectivity index (χ1v) is 11.2. The van der Waals surface area contributed by atoms with Gasteiger partial charge in [0.15, 0.2) is 11.5 Å². The molecular formula is C23H28F3N5O. The zero-order chi connectivity index (χ0) is 22.6. The Morgan fingerprint density at radius 2 is 1.78 bits per heavy atom. The monoisotopic (exact) mass is 447 g/mol. The van der Waals surface area contributed by atoms with Crippen molar-refractivity contribution in [3.63, 3.8) is 0 Å². The van der Waals surface area contributed by atoms with Gasteiger partial charge < -0.3 is 15.5 Å². The third-order valence-electron chi connectivity index (χ3n) is 6.36. The lowest BCUT2D eigenvalue weighted by Gasteiger charge is -2.33. The Hall–Kier alpha value is -2.84. The normalized spacial score (nSPS) is 17.7. The number of nitrogens with zero attached hydrogens (tertiary/aromatic N) is 3. The molecule has 0 spiro atoms. The minimum Gasteiger partial charge on any atom is -0.382 e. The van der Waals surface area contributed by atoms with Crippen LogP contribution in [0.15, 0.2) is 36.4 Å². The summed E-state index contributed by atoms with van der Waals surface area (Å²) in [5.74, 6) is 1.20. The predicted molar refractivity (Wildman–Crippen MR) is 117 cm³/mol. The summed E-state index contributed by atoms with van der Waals surface area (Å²) < 4.78 is 39.6. The molecule has 1 aromatic heterocycles. The van der Waals surface area contributed by atoms with Gasteiger partial charge in [0.25, 0.3) is 5.91 Å². The summed E-state index contributed by atoms with van der Waals surface area (Å²) in [6.07, 6.45) is 1.78. The number of piperidine rings is 1. The molecule has 0 atom stereocenters. The molecule has 1 aromatic carbocycles. The van der Waals surface area contributed by atoms with Gasteiger partial charge in [-0.15, -0.1) is 10.2 Å². The van der Waals surface area contributed by atoms with Crippen molar-refractivity contribution in [3.8, 4) is 0 Å². The van der Waals surface area contributed by atoms with Crippen molar-refractivity contribution in [2.45, 2.75) is 50.7 Å². The van der Waals surface area contributed by atoms with Crippen molar-refractivity contribution in [1.29, 1.82) is 0 Å². The van der Waals surface area contributed by atoms with E-state index in [0.29, 0.717) is 44.0 Å². The molecule has 2 N–H and O–H groups in total. The van der Waals surface area contributed by atoms with E-state index in [4.69, 9.17) is 0 Å². The number of anilines is 2. The molecule has 2 fully saturated rings. The zero-order valence-electron chi connectivity index (χ0n) is 17.9. The topological polar surface area (TPSA) is 70.2 Å². The zero-order valence-corrected chi connectivity index (χ0v) is 17.9. The number of para-hydroxylation sites is 1. The van der Waals surface area contributed by atoms with Gasteiger partial charge in [0.1, 0.15) is 0 Å². The second-order valence-electron chi connectivity index (χ2n) is 8.57. The Morgan fingerprint density at radius 3 is 2.41 bits per heavy atom. The van der Waals surface area contributed by atoms with Gasteiger partial charge in [-0.1, -0.05) is 31.4 Å². The minimum atomic E-state index is -4.38. The van der Waals surface area contributed by atoms with Crippen LogP contribution in [0.1, 0.15) is 54.6 Å². The molecule has 2 aliphatic rings. The van der Waals surface area contributed by atoms with Gasteiger partial charge in [-0.05, 0) is 49.4 Å². The van der Waals surface area contributed by atoms with Crippen LogP contribution >= 0.6 is 0 Å². The van der Waals surface area contributed by atoms with Crippen molar-refractivity contribution >= 4 is 17.4 Å². The highest BCUT2D eigenvalue weighted by Gasteiger charge is 2.34. The molecule has 9 heteroatoms. The van der Waals surface area contributed by atoms with Crippen molar-refractivity contribution in [1.82, 2.24) is 15.5 Å². The fraction of sp³-hybridized carbons (Fsp3) is 0.522. The number of hydrogen-bond acceptors (Lipinski definition) is 5. The molecule has 1 saturated carbocycles. The lowest BCUT2D eigenvalue weighted by Crippen LogP contribution is -2.40. The standard InChI is InChI=1S/C23H28F3N5O/c24-23(25,26)18-6-1-2-7-19(18)28-17-11-14-31(15-12-17)21-9-8-20(29-30-21)22(32)27-13-10-16-4-3-5-16/h1-2,6-9,16-17,28H,3-5,10-15H2,(H,27,32). The summed E-state index contributed by atoms with van der Waals surface area (Å²) in [6.45, 7) is 1.95. The number of hydrogen-bond donors (Lipinski definition) is 2. The van der Waals surface area contributed by atoms with Gasteiger partial charge in [0, 0.05) is 31.4 Å². The van der Waals surface area contributed by atoms with Gasteiger partial charge in [-0.25, -0.2) is 0 Å². The Kier molecular flexibility index (Phi) is 6.81. The molecule has 4 rings (SSSR count). The Labute approximate surface area is 185 Å². The third-order valence-corrected chi connectivity index (χ3v) is 6.36. The molecule has 0 bridgehead atoms. The van der Waals surface area contributed by atoms with E-state index in [-0.39, 0.29) is 17.6 Å². The fourth-order valence-corrected chi connectivity index (χ4v) is 4.21. The van der Waals surface area contributed by atoms with Crippen LogP contribution in [0.5, 0.6) is 0 Å². The first-order valence-electron chi connectivity index (χ1n) is 11.2. The van der Waals surface area contributed by atoms with E-state index >= 15 is 0 Å². The van der Waals surface area contributed by atoms with Crippen LogP contribution in [-0.2, 0) is 6.18 Å². The van der Waals surface area contributed by atoms with Gasteiger partial charge in [-0.3, -0.25) is 4.79 Å². The van der Waals surface area contributed by atoms with Crippen LogP contribution in [-0.4, -0.2) is 41.8 Å². The van der Waals surface area contributed by atoms with E-state index in [0.717, 1.165) is 18.4 Å². The van der Waals surface area contributed by atoms with Crippen LogP contribution < -0.4 is 15.5 Å². The fourth-order valence-electron chi connectivity index (χ4n) is 4.21. The van der Waals surface area contributed by atoms with Gasteiger partial charge in [0.05, 0.1) is 5.56 Å². The van der Waals surface area contributed by atoms with E-state index in [1.807, 2.05) is 4.90 Å². The lowest BCUT2D eigenvalue weighted by atomic mass is 9.83. The quantitative estimate of drug-likeness (QED) is 0.654. The summed E-state index contributed by atoms with van der Waals surface area (Å²) in [5, 5.41) is 14.2.